The predicted molar refractivity (Wildman–Crippen MR) is 240 cm³/mol. The first-order chi connectivity index (χ1) is 31.0. The van der Waals surface area contributed by atoms with E-state index >= 15 is 0 Å². The van der Waals surface area contributed by atoms with Crippen LogP contribution in [0.2, 0.25) is 0 Å². The van der Waals surface area contributed by atoms with E-state index in [4.69, 9.17) is 28.5 Å². The smallest absolute Gasteiger partial charge is 0.335 e. The maximum Gasteiger partial charge on any atom is 0.335 e. The molecule has 368 valence electrons. The van der Waals surface area contributed by atoms with Crippen molar-refractivity contribution in [2.24, 2.45) is 5.41 Å². The fourth-order valence-electron chi connectivity index (χ4n) is 6.16. The number of esters is 2. The van der Waals surface area contributed by atoms with Gasteiger partial charge in [0.1, 0.15) is 22.9 Å². The molecule has 66 heavy (non-hydrogen) atoms. The molecule has 21 heteroatoms. The summed E-state index contributed by atoms with van der Waals surface area (Å²) in [6, 6.07) is 4.86. The maximum absolute atomic E-state index is 13.2. The summed E-state index contributed by atoms with van der Waals surface area (Å²) in [5.74, 6) is -2.72. The fourth-order valence-corrected chi connectivity index (χ4v) is 6.16. The fraction of sp³-hybridized carbons (Fsp3) is 0.667. The molecular weight excluding hydrogens is 861 g/mol. The first kappa shape index (κ1) is 54.7. The summed E-state index contributed by atoms with van der Waals surface area (Å²) in [6.45, 7) is 18.9. The van der Waals surface area contributed by atoms with E-state index in [1.165, 1.54) is 0 Å². The van der Waals surface area contributed by atoms with Gasteiger partial charge >= 0.3 is 30.0 Å². The average Bonchev–Trinajstić information content (AvgIpc) is 3.81. The van der Waals surface area contributed by atoms with Gasteiger partial charge in [-0.1, -0.05) is 38.1 Å². The highest BCUT2D eigenvalue weighted by atomic mass is 16.7. The van der Waals surface area contributed by atoms with Crippen LogP contribution in [0.4, 0.5) is 15.3 Å². The zero-order valence-corrected chi connectivity index (χ0v) is 40.0. The van der Waals surface area contributed by atoms with Crippen molar-refractivity contribution in [2.75, 3.05) is 51.5 Å². The van der Waals surface area contributed by atoms with Crippen LogP contribution in [-0.4, -0.2) is 131 Å². The second-order valence-corrected chi connectivity index (χ2v) is 18.7. The van der Waals surface area contributed by atoms with Gasteiger partial charge in [0.15, 0.2) is 0 Å². The number of hydroxylamine groups is 2. The number of urea groups is 2. The highest BCUT2D eigenvalue weighted by molar-refractivity contribution is 6.01. The number of nitrogens with one attached hydrogen (secondary N) is 4. The summed E-state index contributed by atoms with van der Waals surface area (Å²) in [5, 5.41) is 20.3. The van der Waals surface area contributed by atoms with E-state index in [1.54, 1.807) is 70.6 Å². The molecule has 2 heterocycles. The molecule has 0 spiro atoms. The number of benzene rings is 1. The van der Waals surface area contributed by atoms with Crippen LogP contribution in [0, 0.1) is 5.41 Å². The largest absolute Gasteiger partial charge is 0.460 e. The maximum atomic E-state index is 13.2. The number of imide groups is 1. The van der Waals surface area contributed by atoms with Gasteiger partial charge < -0.3 is 49.8 Å². The normalized spacial score (nSPS) is 14.0. The number of aromatic nitrogens is 3. The predicted octanol–water partition coefficient (Wildman–Crippen LogP) is 4.83. The monoisotopic (exact) mass is 931 g/mol. The van der Waals surface area contributed by atoms with Gasteiger partial charge in [0.05, 0.1) is 58.8 Å². The third-order valence-electron chi connectivity index (χ3n) is 9.42. The molecule has 2 aromatic rings. The number of unbranched alkanes of at least 4 members (excludes halogenated alkanes) is 1. The number of carbonyl (C=O) groups is 7. The van der Waals surface area contributed by atoms with Gasteiger partial charge in [-0.25, -0.2) is 23.9 Å². The Hall–Kier alpha value is -5.67. The topological polar surface area (TPSA) is 257 Å². The van der Waals surface area contributed by atoms with Crippen LogP contribution in [0.1, 0.15) is 114 Å². The van der Waals surface area contributed by atoms with Gasteiger partial charge in [-0.05, 0) is 84.8 Å². The Morgan fingerprint density at radius 2 is 1.36 bits per heavy atom. The van der Waals surface area contributed by atoms with Crippen molar-refractivity contribution in [3.8, 4) is 11.3 Å². The van der Waals surface area contributed by atoms with Crippen molar-refractivity contribution in [1.82, 2.24) is 36.0 Å². The lowest BCUT2D eigenvalue weighted by Crippen LogP contribution is -2.53. The van der Waals surface area contributed by atoms with Gasteiger partial charge in [0.2, 0.25) is 0 Å². The zero-order valence-electron chi connectivity index (χ0n) is 40.0. The van der Waals surface area contributed by atoms with Crippen LogP contribution in [0.5, 0.6) is 0 Å². The van der Waals surface area contributed by atoms with E-state index in [2.05, 4.69) is 31.6 Å². The third kappa shape index (κ3) is 22.0. The lowest BCUT2D eigenvalue weighted by Gasteiger charge is -2.32. The Balaban J connectivity index is 1.34. The summed E-state index contributed by atoms with van der Waals surface area (Å²) < 4.78 is 29.1. The molecule has 1 aromatic carbocycles. The summed E-state index contributed by atoms with van der Waals surface area (Å²) in [6.07, 6.45) is 3.47. The van der Waals surface area contributed by atoms with E-state index < -0.39 is 59.1 Å². The minimum atomic E-state index is -0.943. The van der Waals surface area contributed by atoms with E-state index in [0.717, 1.165) is 5.56 Å². The Morgan fingerprint density at radius 3 is 2.00 bits per heavy atom. The number of ether oxygens (including phenoxy) is 5. The number of amides is 6. The van der Waals surface area contributed by atoms with Crippen molar-refractivity contribution in [2.45, 2.75) is 144 Å². The van der Waals surface area contributed by atoms with Gasteiger partial charge in [-0.2, -0.15) is 0 Å². The minimum absolute atomic E-state index is 0.0344. The van der Waals surface area contributed by atoms with Crippen LogP contribution in [0.25, 0.3) is 11.3 Å². The Morgan fingerprint density at radius 1 is 0.727 bits per heavy atom. The van der Waals surface area contributed by atoms with Crippen LogP contribution < -0.4 is 21.3 Å². The zero-order chi connectivity index (χ0) is 48.9. The third-order valence-corrected chi connectivity index (χ3v) is 9.42. The van der Waals surface area contributed by atoms with E-state index in [0.29, 0.717) is 68.6 Å². The summed E-state index contributed by atoms with van der Waals surface area (Å²) in [7, 11) is 0. The van der Waals surface area contributed by atoms with Crippen LogP contribution in [0.3, 0.4) is 0 Å². The first-order valence-electron chi connectivity index (χ1n) is 22.4. The molecule has 0 saturated carbocycles. The molecule has 2 atom stereocenters. The number of anilines is 1. The van der Waals surface area contributed by atoms with Gasteiger partial charge in [-0.15, -0.1) is 10.2 Å². The molecule has 3 rings (SSSR count). The first-order valence-corrected chi connectivity index (χ1v) is 22.4. The summed E-state index contributed by atoms with van der Waals surface area (Å²) in [5.41, 5.74) is 0.107. The van der Waals surface area contributed by atoms with Crippen molar-refractivity contribution in [3.05, 3.63) is 30.5 Å². The lowest BCUT2D eigenvalue weighted by molar-refractivity contribution is -0.198. The van der Waals surface area contributed by atoms with Gasteiger partial charge in [0.25, 0.3) is 11.8 Å². The number of hydrogen-bond acceptors (Lipinski definition) is 15. The van der Waals surface area contributed by atoms with Crippen LogP contribution in [-0.2, 0) is 59.0 Å². The van der Waals surface area contributed by atoms with Crippen molar-refractivity contribution < 1.29 is 62.1 Å². The van der Waals surface area contributed by atoms with E-state index in [9.17, 15) is 33.6 Å². The molecular formula is C45H70N8O13. The van der Waals surface area contributed by atoms with Crippen molar-refractivity contribution in [1.29, 1.82) is 0 Å². The molecule has 0 radical (unpaired) electrons. The number of hydrogen-bond donors (Lipinski definition) is 4. The highest BCUT2D eigenvalue weighted by Gasteiger charge is 2.33. The van der Waals surface area contributed by atoms with Gasteiger partial charge in [0, 0.05) is 43.1 Å². The molecule has 0 bridgehead atoms. The molecule has 1 aromatic heterocycles. The average molecular weight is 931 g/mol. The number of nitrogens with zero attached hydrogens (tertiary/aromatic N) is 4. The van der Waals surface area contributed by atoms with Crippen LogP contribution >= 0.6 is 0 Å². The molecule has 0 unspecified atom stereocenters. The van der Waals surface area contributed by atoms with E-state index in [1.807, 2.05) is 26.8 Å². The molecule has 1 fully saturated rings. The van der Waals surface area contributed by atoms with Gasteiger partial charge in [-0.3, -0.25) is 14.4 Å². The Bertz CT molecular complexity index is 1900. The van der Waals surface area contributed by atoms with Crippen molar-refractivity contribution >= 4 is 47.5 Å². The summed E-state index contributed by atoms with van der Waals surface area (Å²) >= 11 is 0. The van der Waals surface area contributed by atoms with Crippen LogP contribution in [0.15, 0.2) is 30.5 Å². The second-order valence-electron chi connectivity index (χ2n) is 18.7. The standard InChI is InChI=1S/C45H70N8O13/c1-43(2,3)35(16-19-38(56)64-44(4,5)6)49-42(60)48-33(40(58)65-45(7,8)9)15-10-11-21-46-41(59)47-32-14-12-13-31(29-32)34-30-52(51-50-34)22-24-62-26-28-63-27-25-61-23-20-39(57)66-53-36(54)17-18-37(53)55/h12-14,29-30,33,35H,10-11,15-28H2,1-9H3,(H2,46,47,59)(H2,48,49,60)/t33-,35-/m0/s1. The number of carbonyl (C=O) groups excluding carboxylic acids is 7. The quantitative estimate of drug-likeness (QED) is 0.0560. The van der Waals surface area contributed by atoms with E-state index in [-0.39, 0.29) is 63.3 Å². The summed E-state index contributed by atoms with van der Waals surface area (Å²) in [4.78, 5) is 91.1. The molecule has 0 aliphatic carbocycles. The van der Waals surface area contributed by atoms with Crippen molar-refractivity contribution in [3.63, 3.8) is 0 Å². The molecule has 21 nitrogen and oxygen atoms in total. The Labute approximate surface area is 387 Å². The molecule has 4 N–H and O–H groups in total. The molecule has 1 aliphatic heterocycles. The molecule has 1 aliphatic rings. The second kappa shape index (κ2) is 26.5. The molecule has 1 saturated heterocycles. The number of rotatable bonds is 26. The minimum Gasteiger partial charge on any atom is -0.460 e. The lowest BCUT2D eigenvalue weighted by atomic mass is 9.84. The highest BCUT2D eigenvalue weighted by Crippen LogP contribution is 2.24. The SMILES string of the molecule is CC(C)(C)OC(=O)CC[C@H](NC(=O)N[C@@H](CCCCNC(=O)Nc1cccc(-c2cn(CCOCCOCCOCCC(=O)ON3C(=O)CCC3=O)nn2)c1)C(=O)OC(C)(C)C)C(C)(C)C. The molecule has 6 amide bonds. The Kier molecular flexibility index (Phi) is 21.9.